The SMILES string of the molecule is O=C(Nc1ccccc1F)C1=NN(c2ccccc2)C(=O)CC1. The minimum absolute atomic E-state index is 0.0864. The first-order valence-electron chi connectivity index (χ1n) is 7.16. The van der Waals surface area contributed by atoms with Crippen LogP contribution in [0.4, 0.5) is 15.8 Å². The number of hydrogen-bond donors (Lipinski definition) is 1. The van der Waals surface area contributed by atoms with E-state index in [-0.39, 0.29) is 30.1 Å². The predicted molar refractivity (Wildman–Crippen MR) is 85.6 cm³/mol. The third-order valence-electron chi connectivity index (χ3n) is 3.42. The van der Waals surface area contributed by atoms with Crippen molar-refractivity contribution in [2.24, 2.45) is 5.10 Å². The number of anilines is 2. The summed E-state index contributed by atoms with van der Waals surface area (Å²) in [7, 11) is 0. The number of para-hydroxylation sites is 2. The van der Waals surface area contributed by atoms with Crippen LogP contribution in [-0.2, 0) is 9.59 Å². The minimum atomic E-state index is -0.520. The molecular weight excluding hydrogens is 297 g/mol. The van der Waals surface area contributed by atoms with Gasteiger partial charge in [0.2, 0.25) is 5.91 Å². The molecule has 6 heteroatoms. The van der Waals surface area contributed by atoms with Crippen LogP contribution < -0.4 is 10.3 Å². The molecule has 0 saturated heterocycles. The summed E-state index contributed by atoms with van der Waals surface area (Å²) >= 11 is 0. The number of carbonyl (C=O) groups is 2. The van der Waals surface area contributed by atoms with Gasteiger partial charge in [-0.15, -0.1) is 0 Å². The van der Waals surface area contributed by atoms with Gasteiger partial charge in [-0.3, -0.25) is 9.59 Å². The van der Waals surface area contributed by atoms with Crippen LogP contribution in [0.2, 0.25) is 0 Å². The fourth-order valence-corrected chi connectivity index (χ4v) is 2.24. The van der Waals surface area contributed by atoms with E-state index in [4.69, 9.17) is 0 Å². The number of nitrogens with one attached hydrogen (secondary N) is 1. The largest absolute Gasteiger partial charge is 0.318 e. The molecule has 0 radical (unpaired) electrons. The molecule has 0 spiro atoms. The fourth-order valence-electron chi connectivity index (χ4n) is 2.24. The minimum Gasteiger partial charge on any atom is -0.318 e. The Hall–Kier alpha value is -3.02. The van der Waals surface area contributed by atoms with Gasteiger partial charge in [0.05, 0.1) is 11.4 Å². The number of rotatable bonds is 3. The van der Waals surface area contributed by atoms with Crippen molar-refractivity contribution >= 4 is 28.9 Å². The summed E-state index contributed by atoms with van der Waals surface area (Å²) in [6, 6.07) is 14.8. The van der Waals surface area contributed by atoms with Crippen molar-refractivity contribution in [2.75, 3.05) is 10.3 Å². The molecule has 0 aromatic heterocycles. The molecule has 0 saturated carbocycles. The zero-order valence-corrected chi connectivity index (χ0v) is 12.2. The van der Waals surface area contributed by atoms with E-state index in [1.165, 1.54) is 17.1 Å². The molecule has 0 aliphatic carbocycles. The highest BCUT2D eigenvalue weighted by Gasteiger charge is 2.25. The maximum absolute atomic E-state index is 13.6. The Morgan fingerprint density at radius 3 is 2.48 bits per heavy atom. The van der Waals surface area contributed by atoms with Crippen LogP contribution in [-0.4, -0.2) is 17.5 Å². The predicted octanol–water partition coefficient (Wildman–Crippen LogP) is 2.95. The standard InChI is InChI=1S/C17H14FN3O2/c18-13-8-4-5-9-14(13)19-17(23)15-10-11-16(22)21(20-15)12-6-2-1-3-7-12/h1-9H,10-11H2,(H,19,23). The summed E-state index contributed by atoms with van der Waals surface area (Å²) in [5.41, 5.74) is 0.869. The first-order valence-corrected chi connectivity index (χ1v) is 7.16. The van der Waals surface area contributed by atoms with E-state index in [2.05, 4.69) is 10.4 Å². The molecule has 3 rings (SSSR count). The van der Waals surface area contributed by atoms with Crippen molar-refractivity contribution in [1.82, 2.24) is 0 Å². The summed E-state index contributed by atoms with van der Waals surface area (Å²) in [6.45, 7) is 0. The first-order chi connectivity index (χ1) is 11.1. The molecule has 0 fully saturated rings. The van der Waals surface area contributed by atoms with Gasteiger partial charge in [-0.2, -0.15) is 5.10 Å². The van der Waals surface area contributed by atoms with E-state index in [1.54, 1.807) is 36.4 Å². The summed E-state index contributed by atoms with van der Waals surface area (Å²) < 4.78 is 13.6. The van der Waals surface area contributed by atoms with E-state index in [0.29, 0.717) is 5.69 Å². The second kappa shape index (κ2) is 6.39. The molecule has 5 nitrogen and oxygen atoms in total. The average molecular weight is 311 g/mol. The van der Waals surface area contributed by atoms with Crippen molar-refractivity contribution in [3.63, 3.8) is 0 Å². The molecule has 0 atom stereocenters. The van der Waals surface area contributed by atoms with Gasteiger partial charge in [0.1, 0.15) is 11.5 Å². The van der Waals surface area contributed by atoms with Crippen molar-refractivity contribution in [3.05, 3.63) is 60.4 Å². The number of amides is 2. The van der Waals surface area contributed by atoms with E-state index in [1.807, 2.05) is 6.07 Å². The summed E-state index contributed by atoms with van der Waals surface area (Å²) in [5.74, 6) is -1.21. The number of nitrogens with zero attached hydrogens (tertiary/aromatic N) is 2. The second-order valence-corrected chi connectivity index (χ2v) is 5.02. The highest BCUT2D eigenvalue weighted by Crippen LogP contribution is 2.20. The third kappa shape index (κ3) is 3.26. The quantitative estimate of drug-likeness (QED) is 0.947. The Morgan fingerprint density at radius 2 is 1.74 bits per heavy atom. The van der Waals surface area contributed by atoms with E-state index >= 15 is 0 Å². The Labute approximate surface area is 132 Å². The van der Waals surface area contributed by atoms with E-state index in [0.717, 1.165) is 0 Å². The number of hydrogen-bond acceptors (Lipinski definition) is 3. The van der Waals surface area contributed by atoms with Crippen molar-refractivity contribution < 1.29 is 14.0 Å². The molecule has 0 bridgehead atoms. The lowest BCUT2D eigenvalue weighted by Gasteiger charge is -2.23. The van der Waals surface area contributed by atoms with Gasteiger partial charge >= 0.3 is 0 Å². The molecule has 1 N–H and O–H groups in total. The maximum atomic E-state index is 13.6. The molecular formula is C17H14FN3O2. The highest BCUT2D eigenvalue weighted by molar-refractivity contribution is 6.44. The molecule has 1 heterocycles. The van der Waals surface area contributed by atoms with Crippen molar-refractivity contribution in [3.8, 4) is 0 Å². The van der Waals surface area contributed by atoms with Gasteiger partial charge in [0, 0.05) is 12.8 Å². The van der Waals surface area contributed by atoms with E-state index < -0.39 is 11.7 Å². The Balaban J connectivity index is 1.83. The molecule has 0 unspecified atom stereocenters. The molecule has 1 aliphatic heterocycles. The summed E-state index contributed by atoms with van der Waals surface area (Å²) in [4.78, 5) is 24.3. The van der Waals surface area contributed by atoms with Crippen LogP contribution in [0, 0.1) is 5.82 Å². The van der Waals surface area contributed by atoms with Crippen LogP contribution in [0.15, 0.2) is 59.7 Å². The van der Waals surface area contributed by atoms with Crippen LogP contribution in [0.1, 0.15) is 12.8 Å². The zero-order chi connectivity index (χ0) is 16.2. The summed E-state index contributed by atoms with van der Waals surface area (Å²) in [5, 5.41) is 7.82. The van der Waals surface area contributed by atoms with Crippen LogP contribution in [0.25, 0.3) is 0 Å². The van der Waals surface area contributed by atoms with Gasteiger partial charge in [0.25, 0.3) is 5.91 Å². The Kier molecular flexibility index (Phi) is 4.14. The van der Waals surface area contributed by atoms with Crippen molar-refractivity contribution in [2.45, 2.75) is 12.8 Å². The van der Waals surface area contributed by atoms with Gasteiger partial charge in [-0.1, -0.05) is 30.3 Å². The molecule has 2 amide bonds. The van der Waals surface area contributed by atoms with Gasteiger partial charge in [0.15, 0.2) is 0 Å². The fraction of sp³-hybridized carbons (Fsp3) is 0.118. The monoisotopic (exact) mass is 311 g/mol. The van der Waals surface area contributed by atoms with Crippen molar-refractivity contribution in [1.29, 1.82) is 0 Å². The van der Waals surface area contributed by atoms with Gasteiger partial charge in [-0.25, -0.2) is 9.40 Å². The number of carbonyl (C=O) groups excluding carboxylic acids is 2. The number of hydrazone groups is 1. The second-order valence-electron chi connectivity index (χ2n) is 5.02. The molecule has 2 aromatic rings. The number of halogens is 1. The van der Waals surface area contributed by atoms with Gasteiger partial charge in [-0.05, 0) is 24.3 Å². The zero-order valence-electron chi connectivity index (χ0n) is 12.2. The molecule has 23 heavy (non-hydrogen) atoms. The van der Waals surface area contributed by atoms with E-state index in [9.17, 15) is 14.0 Å². The first kappa shape index (κ1) is 14.9. The molecule has 1 aliphatic rings. The normalized spacial score (nSPS) is 14.4. The lowest BCUT2D eigenvalue weighted by molar-refractivity contribution is -0.118. The Bertz CT molecular complexity index is 774. The smallest absolute Gasteiger partial charge is 0.271 e. The lowest BCUT2D eigenvalue weighted by atomic mass is 10.1. The maximum Gasteiger partial charge on any atom is 0.271 e. The van der Waals surface area contributed by atoms with Crippen LogP contribution >= 0.6 is 0 Å². The van der Waals surface area contributed by atoms with Crippen LogP contribution in [0.3, 0.4) is 0 Å². The third-order valence-corrected chi connectivity index (χ3v) is 3.42. The van der Waals surface area contributed by atoms with Crippen LogP contribution in [0.5, 0.6) is 0 Å². The average Bonchev–Trinajstić information content (AvgIpc) is 2.58. The Morgan fingerprint density at radius 1 is 1.04 bits per heavy atom. The topological polar surface area (TPSA) is 61.8 Å². The van der Waals surface area contributed by atoms with Gasteiger partial charge < -0.3 is 5.32 Å². The highest BCUT2D eigenvalue weighted by atomic mass is 19.1. The summed E-state index contributed by atoms with van der Waals surface area (Å²) in [6.07, 6.45) is 0.404. The lowest BCUT2D eigenvalue weighted by Crippen LogP contribution is -2.36. The molecule has 116 valence electrons. The molecule has 2 aromatic carbocycles. The number of benzene rings is 2.